The molecule has 0 saturated heterocycles. The molecule has 0 fully saturated rings. The molecule has 0 unspecified atom stereocenters. The van der Waals surface area contributed by atoms with Crippen molar-refractivity contribution in [1.29, 1.82) is 0 Å². The van der Waals surface area contributed by atoms with Crippen molar-refractivity contribution in [3.05, 3.63) is 25.3 Å². The van der Waals surface area contributed by atoms with Gasteiger partial charge in [-0.1, -0.05) is 103 Å². The Labute approximate surface area is 169 Å². The Balaban J connectivity index is 3.31. The molecule has 0 bridgehead atoms. The molecule has 3 heteroatoms. The van der Waals surface area contributed by atoms with Crippen LogP contribution in [0.3, 0.4) is 0 Å². The predicted molar refractivity (Wildman–Crippen MR) is 120 cm³/mol. The minimum atomic E-state index is 0.105. The summed E-state index contributed by atoms with van der Waals surface area (Å²) in [5.74, 6) is 0.105. The Bertz CT molecular complexity index is 344. The zero-order valence-electron chi connectivity index (χ0n) is 18.2. The number of nitrogens with zero attached hydrogens (tertiary/aromatic N) is 1. The van der Waals surface area contributed by atoms with E-state index in [1.54, 1.807) is 0 Å². The summed E-state index contributed by atoms with van der Waals surface area (Å²) >= 11 is 0. The van der Waals surface area contributed by atoms with Crippen molar-refractivity contribution < 1.29 is 4.79 Å². The van der Waals surface area contributed by atoms with E-state index in [0.717, 1.165) is 26.1 Å². The molecule has 0 aliphatic heterocycles. The number of hydrogen-bond acceptors (Lipinski definition) is 2. The third-order valence-electron chi connectivity index (χ3n) is 4.99. The van der Waals surface area contributed by atoms with E-state index in [-0.39, 0.29) is 5.91 Å². The smallest absolute Gasteiger partial charge is 0.234 e. The quantitative estimate of drug-likeness (QED) is 0.189. The summed E-state index contributed by atoms with van der Waals surface area (Å²) in [6.07, 6.45) is 22.7. The molecule has 0 aromatic rings. The molecule has 0 atom stereocenters. The fourth-order valence-electron chi connectivity index (χ4n) is 3.38. The van der Waals surface area contributed by atoms with Gasteiger partial charge in [-0.15, -0.1) is 13.2 Å². The van der Waals surface area contributed by atoms with E-state index in [0.29, 0.717) is 6.54 Å². The molecule has 27 heavy (non-hydrogen) atoms. The van der Waals surface area contributed by atoms with Gasteiger partial charge in [-0.05, 0) is 6.42 Å². The molecular weight excluding hydrogens is 332 g/mol. The molecule has 0 heterocycles. The highest BCUT2D eigenvalue weighted by Gasteiger charge is 2.07. The summed E-state index contributed by atoms with van der Waals surface area (Å²) < 4.78 is 0. The van der Waals surface area contributed by atoms with Crippen molar-refractivity contribution in [1.82, 2.24) is 10.2 Å². The van der Waals surface area contributed by atoms with Gasteiger partial charge >= 0.3 is 0 Å². The van der Waals surface area contributed by atoms with E-state index in [1.165, 1.54) is 83.5 Å². The lowest BCUT2D eigenvalue weighted by molar-refractivity contribution is -0.122. The van der Waals surface area contributed by atoms with Gasteiger partial charge in [-0.3, -0.25) is 9.69 Å². The van der Waals surface area contributed by atoms with Crippen molar-refractivity contribution in [3.63, 3.8) is 0 Å². The maximum Gasteiger partial charge on any atom is 0.234 e. The molecule has 1 N–H and O–H groups in total. The molecular formula is C24H46N2O. The summed E-state index contributed by atoms with van der Waals surface area (Å²) in [7, 11) is 0. The number of rotatable bonds is 21. The van der Waals surface area contributed by atoms with Crippen LogP contribution in [0.4, 0.5) is 0 Å². The molecule has 0 spiro atoms. The van der Waals surface area contributed by atoms with E-state index < -0.39 is 0 Å². The van der Waals surface area contributed by atoms with Gasteiger partial charge in [0.2, 0.25) is 5.91 Å². The number of unbranched alkanes of at least 4 members (excludes halogenated alkanes) is 13. The Morgan fingerprint density at radius 2 is 1.15 bits per heavy atom. The minimum Gasteiger partial charge on any atom is -0.355 e. The Kier molecular flexibility index (Phi) is 20.4. The van der Waals surface area contributed by atoms with Gasteiger partial charge in [-0.25, -0.2) is 0 Å². The van der Waals surface area contributed by atoms with E-state index in [2.05, 4.69) is 25.4 Å². The third-order valence-corrected chi connectivity index (χ3v) is 4.99. The van der Waals surface area contributed by atoms with Crippen molar-refractivity contribution in [3.8, 4) is 0 Å². The first-order chi connectivity index (χ1) is 13.2. The topological polar surface area (TPSA) is 32.3 Å². The number of hydrogen-bond donors (Lipinski definition) is 1. The molecule has 0 aliphatic carbocycles. The third kappa shape index (κ3) is 19.5. The molecule has 0 radical (unpaired) electrons. The Morgan fingerprint density at radius 1 is 0.741 bits per heavy atom. The lowest BCUT2D eigenvalue weighted by Crippen LogP contribution is -2.37. The summed E-state index contributed by atoms with van der Waals surface area (Å²) in [6, 6.07) is 0. The van der Waals surface area contributed by atoms with Crippen LogP contribution in [0.5, 0.6) is 0 Å². The highest BCUT2D eigenvalue weighted by molar-refractivity contribution is 5.78. The molecule has 0 saturated carbocycles. The largest absolute Gasteiger partial charge is 0.355 e. The average Bonchev–Trinajstić information content (AvgIpc) is 2.65. The first-order valence-corrected chi connectivity index (χ1v) is 11.5. The molecule has 0 rings (SSSR count). The van der Waals surface area contributed by atoms with E-state index in [4.69, 9.17) is 0 Å². The zero-order valence-corrected chi connectivity index (χ0v) is 18.2. The van der Waals surface area contributed by atoms with Crippen LogP contribution in [0.2, 0.25) is 0 Å². The van der Waals surface area contributed by atoms with Crippen LogP contribution in [0.1, 0.15) is 96.8 Å². The molecule has 0 aliphatic rings. The van der Waals surface area contributed by atoms with Crippen LogP contribution in [-0.2, 0) is 4.79 Å². The van der Waals surface area contributed by atoms with Gasteiger partial charge in [0.25, 0.3) is 0 Å². The van der Waals surface area contributed by atoms with Gasteiger partial charge in [-0.2, -0.15) is 0 Å². The lowest BCUT2D eigenvalue weighted by Gasteiger charge is -2.17. The highest BCUT2D eigenvalue weighted by Crippen LogP contribution is 2.12. The summed E-state index contributed by atoms with van der Waals surface area (Å²) in [5.41, 5.74) is 0. The molecule has 0 aromatic carbocycles. The van der Waals surface area contributed by atoms with Crippen molar-refractivity contribution in [2.75, 3.05) is 26.2 Å². The van der Waals surface area contributed by atoms with E-state index >= 15 is 0 Å². The fourth-order valence-corrected chi connectivity index (χ4v) is 3.38. The van der Waals surface area contributed by atoms with Gasteiger partial charge in [0.05, 0.1) is 6.54 Å². The van der Waals surface area contributed by atoms with Crippen LogP contribution in [0.25, 0.3) is 0 Å². The number of nitrogens with one attached hydrogen (secondary N) is 1. The molecule has 158 valence electrons. The van der Waals surface area contributed by atoms with Gasteiger partial charge in [0.1, 0.15) is 0 Å². The van der Waals surface area contributed by atoms with Crippen molar-refractivity contribution in [2.45, 2.75) is 96.8 Å². The van der Waals surface area contributed by atoms with Gasteiger partial charge < -0.3 is 5.32 Å². The number of amides is 1. The highest BCUT2D eigenvalue weighted by atomic mass is 16.2. The summed E-state index contributed by atoms with van der Waals surface area (Å²) in [5, 5.41) is 3.02. The average molecular weight is 379 g/mol. The second-order valence-corrected chi connectivity index (χ2v) is 7.72. The minimum absolute atomic E-state index is 0.105. The van der Waals surface area contributed by atoms with E-state index in [1.807, 2.05) is 17.1 Å². The summed E-state index contributed by atoms with van der Waals surface area (Å²) in [6.45, 7) is 12.4. The normalized spacial score (nSPS) is 10.9. The monoisotopic (exact) mass is 378 g/mol. The second-order valence-electron chi connectivity index (χ2n) is 7.72. The van der Waals surface area contributed by atoms with Crippen molar-refractivity contribution >= 4 is 5.91 Å². The molecule has 1 amide bonds. The van der Waals surface area contributed by atoms with Gasteiger partial charge in [0.15, 0.2) is 0 Å². The van der Waals surface area contributed by atoms with Gasteiger partial charge in [0, 0.05) is 19.6 Å². The molecule has 0 aromatic heterocycles. The van der Waals surface area contributed by atoms with Crippen LogP contribution < -0.4 is 5.32 Å². The van der Waals surface area contributed by atoms with E-state index in [9.17, 15) is 4.79 Å². The zero-order chi connectivity index (χ0) is 20.0. The summed E-state index contributed by atoms with van der Waals surface area (Å²) in [4.78, 5) is 13.9. The lowest BCUT2D eigenvalue weighted by atomic mass is 10.0. The Hall–Kier alpha value is -1.09. The SMILES string of the molecule is C=CCN(CC=C)CC(=O)NCCCCCCCCCCCCCCCC. The van der Waals surface area contributed by atoms with Crippen LogP contribution in [0, 0.1) is 0 Å². The van der Waals surface area contributed by atoms with Crippen LogP contribution in [0.15, 0.2) is 25.3 Å². The standard InChI is InChI=1S/C24H46N2O/c1-4-7-8-9-10-11-12-13-14-15-16-17-18-19-20-25-24(27)23-26(21-5-2)22-6-3/h5-6H,2-4,7-23H2,1H3,(H,25,27). The number of carbonyl (C=O) groups excluding carboxylic acids is 1. The fraction of sp³-hybridized carbons (Fsp3) is 0.792. The maximum atomic E-state index is 11.9. The van der Waals surface area contributed by atoms with Crippen LogP contribution in [-0.4, -0.2) is 37.0 Å². The first kappa shape index (κ1) is 25.9. The van der Waals surface area contributed by atoms with Crippen LogP contribution >= 0.6 is 0 Å². The Morgan fingerprint density at radius 3 is 1.56 bits per heavy atom. The molecule has 3 nitrogen and oxygen atoms in total. The predicted octanol–water partition coefficient (Wildman–Crippen LogP) is 6.26. The first-order valence-electron chi connectivity index (χ1n) is 11.5. The number of carbonyl (C=O) groups is 1. The maximum absolute atomic E-state index is 11.9. The van der Waals surface area contributed by atoms with Crippen molar-refractivity contribution in [2.24, 2.45) is 0 Å². The second kappa shape index (κ2) is 21.2.